The summed E-state index contributed by atoms with van der Waals surface area (Å²) < 4.78 is 0. The van der Waals surface area contributed by atoms with Gasteiger partial charge in [0, 0.05) is 19.4 Å². The molecule has 0 spiro atoms. The molecule has 5 N–H and O–H groups in total. The second-order valence-corrected chi connectivity index (χ2v) is 13.4. The van der Waals surface area contributed by atoms with Crippen LogP contribution in [0.3, 0.4) is 0 Å². The van der Waals surface area contributed by atoms with E-state index in [4.69, 9.17) is 11.5 Å². The normalized spacial score (nSPS) is 11.8. The van der Waals surface area contributed by atoms with Gasteiger partial charge in [0.15, 0.2) is 5.96 Å². The van der Waals surface area contributed by atoms with E-state index < -0.39 is 12.0 Å². The van der Waals surface area contributed by atoms with Gasteiger partial charge < -0.3 is 16.6 Å². The van der Waals surface area contributed by atoms with Gasteiger partial charge in [0.25, 0.3) is 0 Å². The standard InChI is InChI=1S/C38H74N4O4/c1-3-5-7-9-11-13-15-17-19-21-23-25-27-31-35(43)42(34(37(45)46)30-29-33-41-38(39)40)36(44)32-28-26-24-22-20-18-16-14-12-10-8-6-4-2/h34H,3-33H2,1-2H3,(H,45,46)(H4,39,40,41)/t34-/m0/s1. The number of nitrogens with zero attached hydrogens (tertiary/aromatic N) is 2. The number of aliphatic carboxylic acids is 1. The number of imide groups is 1. The van der Waals surface area contributed by atoms with Crippen LogP contribution in [0.4, 0.5) is 0 Å². The molecule has 2 amide bonds. The molecule has 0 saturated carbocycles. The number of carbonyl (C=O) groups excluding carboxylic acids is 2. The molecule has 0 radical (unpaired) electrons. The molecule has 8 nitrogen and oxygen atoms in total. The molecule has 0 rings (SSSR count). The first-order chi connectivity index (χ1) is 22.3. The Morgan fingerprint density at radius 1 is 0.522 bits per heavy atom. The lowest BCUT2D eigenvalue weighted by molar-refractivity contribution is -0.158. The van der Waals surface area contributed by atoms with E-state index in [0.717, 1.165) is 43.4 Å². The van der Waals surface area contributed by atoms with Crippen LogP contribution in [0, 0.1) is 0 Å². The summed E-state index contributed by atoms with van der Waals surface area (Å²) in [5, 5.41) is 9.99. The lowest BCUT2D eigenvalue weighted by Gasteiger charge is -2.27. The number of rotatable bonds is 34. The second-order valence-electron chi connectivity index (χ2n) is 13.4. The Balaban J connectivity index is 4.54. The molecular weight excluding hydrogens is 576 g/mol. The molecule has 0 unspecified atom stereocenters. The molecule has 0 fully saturated rings. The maximum Gasteiger partial charge on any atom is 0.326 e. The van der Waals surface area contributed by atoms with Gasteiger partial charge in [-0.15, -0.1) is 0 Å². The van der Waals surface area contributed by atoms with Crippen LogP contribution < -0.4 is 11.5 Å². The number of hydrogen-bond acceptors (Lipinski definition) is 4. The predicted molar refractivity (Wildman–Crippen MR) is 194 cm³/mol. The zero-order chi connectivity index (χ0) is 34.1. The zero-order valence-corrected chi connectivity index (χ0v) is 30.2. The van der Waals surface area contributed by atoms with Crippen LogP contribution in [0.25, 0.3) is 0 Å². The maximum absolute atomic E-state index is 13.3. The molecule has 0 aromatic rings. The van der Waals surface area contributed by atoms with Crippen molar-refractivity contribution in [2.45, 2.75) is 213 Å². The fourth-order valence-corrected chi connectivity index (χ4v) is 6.17. The van der Waals surface area contributed by atoms with Gasteiger partial charge in [-0.25, -0.2) is 4.79 Å². The molecule has 0 heterocycles. The van der Waals surface area contributed by atoms with E-state index in [2.05, 4.69) is 18.8 Å². The number of guanidine groups is 1. The molecule has 0 aliphatic rings. The van der Waals surface area contributed by atoms with Gasteiger partial charge in [-0.1, -0.05) is 168 Å². The van der Waals surface area contributed by atoms with Crippen molar-refractivity contribution in [1.82, 2.24) is 4.90 Å². The van der Waals surface area contributed by atoms with Crippen molar-refractivity contribution in [3.63, 3.8) is 0 Å². The van der Waals surface area contributed by atoms with Crippen molar-refractivity contribution in [3.8, 4) is 0 Å². The van der Waals surface area contributed by atoms with Crippen molar-refractivity contribution in [3.05, 3.63) is 0 Å². The lowest BCUT2D eigenvalue weighted by Crippen LogP contribution is -2.48. The molecule has 270 valence electrons. The number of carboxylic acid groups (broad SMARTS) is 1. The molecule has 0 aliphatic carbocycles. The van der Waals surface area contributed by atoms with Crippen molar-refractivity contribution in [1.29, 1.82) is 0 Å². The van der Waals surface area contributed by atoms with E-state index in [1.165, 1.54) is 116 Å². The third kappa shape index (κ3) is 27.0. The number of carboxylic acids is 1. The van der Waals surface area contributed by atoms with E-state index >= 15 is 0 Å². The molecule has 1 atom stereocenters. The number of nitrogens with two attached hydrogens (primary N) is 2. The molecule has 46 heavy (non-hydrogen) atoms. The highest BCUT2D eigenvalue weighted by Crippen LogP contribution is 2.18. The van der Waals surface area contributed by atoms with Gasteiger partial charge >= 0.3 is 5.97 Å². The fraction of sp³-hybridized carbons (Fsp3) is 0.895. The largest absolute Gasteiger partial charge is 0.480 e. The number of amides is 2. The molecule has 8 heteroatoms. The molecule has 0 bridgehead atoms. The quantitative estimate of drug-likeness (QED) is 0.0360. The maximum atomic E-state index is 13.3. The summed E-state index contributed by atoms with van der Waals surface area (Å²) >= 11 is 0. The van der Waals surface area contributed by atoms with Gasteiger partial charge in [-0.3, -0.25) is 19.5 Å². The zero-order valence-electron chi connectivity index (χ0n) is 30.2. The van der Waals surface area contributed by atoms with Crippen LogP contribution in [-0.2, 0) is 14.4 Å². The lowest BCUT2D eigenvalue weighted by atomic mass is 10.0. The van der Waals surface area contributed by atoms with Crippen LogP contribution in [0.15, 0.2) is 4.99 Å². The van der Waals surface area contributed by atoms with Crippen molar-refractivity contribution >= 4 is 23.7 Å². The third-order valence-corrected chi connectivity index (χ3v) is 9.05. The van der Waals surface area contributed by atoms with E-state index in [1.54, 1.807) is 0 Å². The Bertz CT molecular complexity index is 728. The average molecular weight is 651 g/mol. The monoisotopic (exact) mass is 651 g/mol. The number of hydrogen-bond donors (Lipinski definition) is 3. The summed E-state index contributed by atoms with van der Waals surface area (Å²) in [7, 11) is 0. The van der Waals surface area contributed by atoms with Crippen LogP contribution in [0.2, 0.25) is 0 Å². The number of carbonyl (C=O) groups is 3. The molecular formula is C38H74N4O4. The SMILES string of the molecule is CCCCCCCCCCCCCCCC(=O)N(C(=O)CCCCCCCCCCCCCCC)[C@@H](CCCN=C(N)N)C(=O)O. The van der Waals surface area contributed by atoms with E-state index in [1.807, 2.05) is 0 Å². The Morgan fingerprint density at radius 3 is 1.11 bits per heavy atom. The summed E-state index contributed by atoms with van der Waals surface area (Å²) in [6.45, 7) is 4.76. The first-order valence-corrected chi connectivity index (χ1v) is 19.5. The summed E-state index contributed by atoms with van der Waals surface area (Å²) in [5.41, 5.74) is 10.8. The Kier molecular flexibility index (Phi) is 31.3. The average Bonchev–Trinajstić information content (AvgIpc) is 3.02. The van der Waals surface area contributed by atoms with Crippen LogP contribution in [-0.4, -0.2) is 46.3 Å². The van der Waals surface area contributed by atoms with E-state index in [9.17, 15) is 19.5 Å². The Labute approximate surface area is 283 Å². The minimum atomic E-state index is -1.18. The summed E-state index contributed by atoms with van der Waals surface area (Å²) in [6, 6.07) is -1.18. The summed E-state index contributed by atoms with van der Waals surface area (Å²) in [5.74, 6) is -1.93. The molecule has 0 aromatic carbocycles. The molecule has 0 saturated heterocycles. The smallest absolute Gasteiger partial charge is 0.326 e. The minimum absolute atomic E-state index is 0.0549. The first kappa shape index (κ1) is 43.9. The summed E-state index contributed by atoms with van der Waals surface area (Å²) in [4.78, 5) is 43.8. The molecule has 0 aromatic heterocycles. The van der Waals surface area contributed by atoms with Gasteiger partial charge in [0.05, 0.1) is 0 Å². The predicted octanol–water partition coefficient (Wildman–Crippen LogP) is 9.81. The van der Waals surface area contributed by atoms with Gasteiger partial charge in [-0.05, 0) is 25.7 Å². The van der Waals surface area contributed by atoms with Crippen LogP contribution >= 0.6 is 0 Å². The minimum Gasteiger partial charge on any atom is -0.480 e. The molecule has 0 aliphatic heterocycles. The van der Waals surface area contributed by atoms with Gasteiger partial charge in [0.1, 0.15) is 6.04 Å². The van der Waals surface area contributed by atoms with Crippen molar-refractivity contribution in [2.24, 2.45) is 16.5 Å². The van der Waals surface area contributed by atoms with Crippen molar-refractivity contribution in [2.75, 3.05) is 6.54 Å². The van der Waals surface area contributed by atoms with Crippen LogP contribution in [0.5, 0.6) is 0 Å². The topological polar surface area (TPSA) is 139 Å². The fourth-order valence-electron chi connectivity index (χ4n) is 6.17. The first-order valence-electron chi connectivity index (χ1n) is 19.5. The third-order valence-electron chi connectivity index (χ3n) is 9.05. The Hall–Kier alpha value is -2.12. The highest BCUT2D eigenvalue weighted by Gasteiger charge is 2.33. The van der Waals surface area contributed by atoms with Gasteiger partial charge in [0.2, 0.25) is 11.8 Å². The van der Waals surface area contributed by atoms with Crippen molar-refractivity contribution < 1.29 is 19.5 Å². The number of aliphatic imine (C=N–C) groups is 1. The summed E-state index contributed by atoms with van der Waals surface area (Å²) in [6.07, 6.45) is 32.3. The number of unbranched alkanes of at least 4 members (excludes halogenated alkanes) is 24. The van der Waals surface area contributed by atoms with Gasteiger partial charge in [-0.2, -0.15) is 0 Å². The Morgan fingerprint density at radius 2 is 0.826 bits per heavy atom. The van der Waals surface area contributed by atoms with E-state index in [0.29, 0.717) is 19.3 Å². The second kappa shape index (κ2) is 32.8. The highest BCUT2D eigenvalue weighted by molar-refractivity contribution is 5.99. The van der Waals surface area contributed by atoms with Crippen LogP contribution in [0.1, 0.15) is 206 Å². The highest BCUT2D eigenvalue weighted by atomic mass is 16.4. The van der Waals surface area contributed by atoms with E-state index in [-0.39, 0.29) is 43.6 Å².